The van der Waals surface area contributed by atoms with Crippen molar-refractivity contribution >= 4 is 39.4 Å². The van der Waals surface area contributed by atoms with E-state index < -0.39 is 22.5 Å². The summed E-state index contributed by atoms with van der Waals surface area (Å²) >= 11 is 6.04. The lowest BCUT2D eigenvalue weighted by Crippen LogP contribution is -2.39. The van der Waals surface area contributed by atoms with E-state index >= 15 is 0 Å². The summed E-state index contributed by atoms with van der Waals surface area (Å²) in [5, 5.41) is 4.78. The van der Waals surface area contributed by atoms with Gasteiger partial charge in [0.05, 0.1) is 31.0 Å². The highest BCUT2D eigenvalue weighted by molar-refractivity contribution is 7.92. The fourth-order valence-corrected chi connectivity index (χ4v) is 6.31. The monoisotopic (exact) mass is 608 g/mol. The van der Waals surface area contributed by atoms with Crippen LogP contribution in [0, 0.1) is 27.7 Å². The van der Waals surface area contributed by atoms with Gasteiger partial charge in [-0.2, -0.15) is 5.10 Å². The summed E-state index contributed by atoms with van der Waals surface area (Å²) < 4.78 is 41.5. The fraction of sp³-hybridized carbons (Fsp3) is 0.226. The van der Waals surface area contributed by atoms with Crippen LogP contribution >= 0.6 is 11.6 Å². The van der Waals surface area contributed by atoms with Crippen LogP contribution in [0.2, 0.25) is 5.02 Å². The van der Waals surface area contributed by atoms with Gasteiger partial charge < -0.3 is 14.0 Å². The van der Waals surface area contributed by atoms with Crippen molar-refractivity contribution in [1.82, 2.24) is 9.99 Å². The first-order valence-electron chi connectivity index (χ1n) is 13.0. The molecular formula is C31H33ClN4O5S. The highest BCUT2D eigenvalue weighted by Gasteiger charge is 2.29. The average Bonchev–Trinajstić information content (AvgIpc) is 3.23. The third kappa shape index (κ3) is 6.61. The predicted octanol–water partition coefficient (Wildman–Crippen LogP) is 5.73. The number of hydrazone groups is 1. The molecule has 0 unspecified atom stereocenters. The molecule has 42 heavy (non-hydrogen) atoms. The molecule has 220 valence electrons. The summed E-state index contributed by atoms with van der Waals surface area (Å²) in [7, 11) is -1.30. The van der Waals surface area contributed by atoms with Crippen LogP contribution in [0.15, 0.2) is 76.7 Å². The number of aromatic nitrogens is 1. The molecule has 1 heterocycles. The summed E-state index contributed by atoms with van der Waals surface area (Å²) in [6, 6.07) is 19.1. The van der Waals surface area contributed by atoms with E-state index in [1.54, 1.807) is 12.1 Å². The number of sulfonamides is 1. The number of halogens is 1. The Morgan fingerprint density at radius 3 is 2.19 bits per heavy atom. The van der Waals surface area contributed by atoms with Gasteiger partial charge in [-0.15, -0.1) is 0 Å². The molecule has 1 amide bonds. The Morgan fingerprint density at radius 2 is 1.57 bits per heavy atom. The Morgan fingerprint density at radius 1 is 0.929 bits per heavy atom. The number of rotatable bonds is 10. The van der Waals surface area contributed by atoms with Crippen LogP contribution in [0.25, 0.3) is 5.69 Å². The third-order valence-electron chi connectivity index (χ3n) is 6.67. The number of carbonyl (C=O) groups excluding carboxylic acids is 1. The van der Waals surface area contributed by atoms with E-state index in [9.17, 15) is 13.2 Å². The number of aryl methyl sites for hydroxylation is 3. The molecule has 0 aliphatic heterocycles. The maximum absolute atomic E-state index is 13.9. The summed E-state index contributed by atoms with van der Waals surface area (Å²) in [4.78, 5) is 13.1. The second-order valence-electron chi connectivity index (χ2n) is 9.81. The Labute approximate surface area is 251 Å². The van der Waals surface area contributed by atoms with Gasteiger partial charge in [-0.05, 0) is 93.4 Å². The van der Waals surface area contributed by atoms with Gasteiger partial charge in [0.15, 0.2) is 11.5 Å². The van der Waals surface area contributed by atoms with Gasteiger partial charge in [-0.3, -0.25) is 9.10 Å². The molecule has 3 aromatic carbocycles. The van der Waals surface area contributed by atoms with Crippen LogP contribution in [0.3, 0.4) is 0 Å². The molecule has 0 aliphatic rings. The van der Waals surface area contributed by atoms with E-state index in [1.165, 1.54) is 38.6 Å². The SMILES string of the molecule is COc1ccc(S(=O)(=O)N(CC(=O)N/N=C/c2cc(C)n(-c3ccc(Cl)cc3)c2C)c2cc(C)cc(C)c2)cc1OC. The van der Waals surface area contributed by atoms with Crippen molar-refractivity contribution < 1.29 is 22.7 Å². The molecule has 4 aromatic rings. The molecule has 1 N–H and O–H groups in total. The molecule has 0 aliphatic carbocycles. The van der Waals surface area contributed by atoms with Gasteiger partial charge in [0.1, 0.15) is 6.54 Å². The fourth-order valence-electron chi connectivity index (χ4n) is 4.76. The van der Waals surface area contributed by atoms with E-state index in [1.807, 2.05) is 64.1 Å². The zero-order chi connectivity index (χ0) is 30.6. The number of carbonyl (C=O) groups is 1. The molecule has 0 atom stereocenters. The zero-order valence-corrected chi connectivity index (χ0v) is 25.9. The van der Waals surface area contributed by atoms with Crippen molar-refractivity contribution in [1.29, 1.82) is 0 Å². The van der Waals surface area contributed by atoms with Crippen molar-refractivity contribution in [2.75, 3.05) is 25.1 Å². The lowest BCUT2D eigenvalue weighted by molar-refractivity contribution is -0.119. The van der Waals surface area contributed by atoms with E-state index in [0.29, 0.717) is 16.5 Å². The number of ether oxygens (including phenoxy) is 2. The Kier molecular flexibility index (Phi) is 9.28. The lowest BCUT2D eigenvalue weighted by atomic mass is 10.1. The summed E-state index contributed by atoms with van der Waals surface area (Å²) in [5.74, 6) is 0.0297. The van der Waals surface area contributed by atoms with Crippen LogP contribution in [-0.4, -0.2) is 45.9 Å². The largest absolute Gasteiger partial charge is 0.493 e. The number of nitrogens with zero attached hydrogens (tertiary/aromatic N) is 3. The number of methoxy groups -OCH3 is 2. The van der Waals surface area contributed by atoms with Gasteiger partial charge in [0.2, 0.25) is 0 Å². The summed E-state index contributed by atoms with van der Waals surface area (Å²) in [5.41, 5.74) is 8.18. The summed E-state index contributed by atoms with van der Waals surface area (Å²) in [6.07, 6.45) is 1.54. The number of hydrogen-bond donors (Lipinski definition) is 1. The molecule has 9 nitrogen and oxygen atoms in total. The number of benzene rings is 3. The molecular weight excluding hydrogens is 576 g/mol. The number of amides is 1. The average molecular weight is 609 g/mol. The van der Waals surface area contributed by atoms with Crippen molar-refractivity contribution in [2.24, 2.45) is 5.10 Å². The van der Waals surface area contributed by atoms with Crippen molar-refractivity contribution in [3.05, 3.63) is 99.8 Å². The highest BCUT2D eigenvalue weighted by atomic mass is 35.5. The minimum Gasteiger partial charge on any atom is -0.493 e. The first-order valence-corrected chi connectivity index (χ1v) is 14.9. The normalized spacial score (nSPS) is 11.5. The maximum atomic E-state index is 13.9. The van der Waals surface area contributed by atoms with Gasteiger partial charge in [-0.1, -0.05) is 17.7 Å². The molecule has 11 heteroatoms. The first kappa shape index (κ1) is 30.7. The van der Waals surface area contributed by atoms with Crippen LogP contribution in [0.5, 0.6) is 11.5 Å². The molecule has 1 aromatic heterocycles. The smallest absolute Gasteiger partial charge is 0.264 e. The molecule has 0 radical (unpaired) electrons. The standard InChI is InChI=1S/C31H33ClN4O5S/c1-20-13-21(2)15-27(14-20)35(42(38,39)28-11-12-29(40-5)30(17-28)41-6)19-31(37)34-33-18-24-16-22(3)36(23(24)4)26-9-7-25(32)8-10-26/h7-18H,19H2,1-6H3,(H,34,37)/b33-18+. The topological polar surface area (TPSA) is 102 Å². The number of anilines is 1. The lowest BCUT2D eigenvalue weighted by Gasteiger charge is -2.25. The third-order valence-corrected chi connectivity index (χ3v) is 8.69. The Balaban J connectivity index is 1.61. The van der Waals surface area contributed by atoms with E-state index in [-0.39, 0.29) is 10.6 Å². The van der Waals surface area contributed by atoms with E-state index in [2.05, 4.69) is 15.1 Å². The molecule has 0 fully saturated rings. The van der Waals surface area contributed by atoms with Gasteiger partial charge in [-0.25, -0.2) is 13.8 Å². The molecule has 0 saturated carbocycles. The van der Waals surface area contributed by atoms with Crippen molar-refractivity contribution in [2.45, 2.75) is 32.6 Å². The van der Waals surface area contributed by atoms with Crippen molar-refractivity contribution in [3.63, 3.8) is 0 Å². The predicted molar refractivity (Wildman–Crippen MR) is 166 cm³/mol. The molecule has 0 saturated heterocycles. The zero-order valence-electron chi connectivity index (χ0n) is 24.3. The highest BCUT2D eigenvalue weighted by Crippen LogP contribution is 2.32. The molecule has 0 bridgehead atoms. The molecule has 0 spiro atoms. The number of hydrogen-bond acceptors (Lipinski definition) is 6. The van der Waals surface area contributed by atoms with Crippen LogP contribution in [-0.2, 0) is 14.8 Å². The van der Waals surface area contributed by atoms with Crippen molar-refractivity contribution in [3.8, 4) is 17.2 Å². The van der Waals surface area contributed by atoms with Gasteiger partial charge in [0.25, 0.3) is 15.9 Å². The van der Waals surface area contributed by atoms with E-state index in [4.69, 9.17) is 21.1 Å². The Bertz CT molecular complexity index is 1730. The molecule has 4 rings (SSSR count). The second kappa shape index (κ2) is 12.7. The summed E-state index contributed by atoms with van der Waals surface area (Å²) in [6.45, 7) is 7.15. The van der Waals surface area contributed by atoms with Crippen LogP contribution in [0.1, 0.15) is 28.1 Å². The van der Waals surface area contributed by atoms with Gasteiger partial charge >= 0.3 is 0 Å². The van der Waals surface area contributed by atoms with Crippen LogP contribution in [0.4, 0.5) is 5.69 Å². The maximum Gasteiger partial charge on any atom is 0.264 e. The quantitative estimate of drug-likeness (QED) is 0.183. The first-order chi connectivity index (χ1) is 19.9. The van der Waals surface area contributed by atoms with Crippen LogP contribution < -0.4 is 19.2 Å². The Hall–Kier alpha value is -4.28. The minimum atomic E-state index is -4.19. The number of nitrogens with one attached hydrogen (secondary N) is 1. The van der Waals surface area contributed by atoms with E-state index in [0.717, 1.165) is 38.1 Å². The second-order valence-corrected chi connectivity index (χ2v) is 12.1. The minimum absolute atomic E-state index is 0.0507. The van der Waals surface area contributed by atoms with Gasteiger partial charge in [0, 0.05) is 33.7 Å².